The average Bonchev–Trinajstić information content (AvgIpc) is 2.67. The number of amides is 1. The Hall–Kier alpha value is -2.93. The summed E-state index contributed by atoms with van der Waals surface area (Å²) in [5.74, 6) is 1.08. The normalized spacial score (nSPS) is 10.5. The number of hydrogen-bond acceptors (Lipinski definition) is 5. The minimum Gasteiger partial charge on any atom is -0.457 e. The van der Waals surface area contributed by atoms with Crippen molar-refractivity contribution in [3.05, 3.63) is 77.4 Å². The number of nitrogens with zero attached hydrogens (tertiary/aromatic N) is 2. The van der Waals surface area contributed by atoms with Crippen molar-refractivity contribution in [1.29, 1.82) is 0 Å². The maximum Gasteiger partial charge on any atom is 0.230 e. The molecule has 0 unspecified atom stereocenters. The molecule has 3 aromatic rings. The minimum atomic E-state index is -0.305. The molecule has 0 saturated heterocycles. The van der Waals surface area contributed by atoms with Crippen molar-refractivity contribution in [2.75, 3.05) is 5.75 Å². The van der Waals surface area contributed by atoms with Crippen molar-refractivity contribution in [3.63, 3.8) is 0 Å². The summed E-state index contributed by atoms with van der Waals surface area (Å²) in [6, 6.07) is 15.1. The Labute approximate surface area is 167 Å². The number of halogens is 1. The number of thioether (sulfide) groups is 1. The van der Waals surface area contributed by atoms with Gasteiger partial charge in [0.1, 0.15) is 17.3 Å². The summed E-state index contributed by atoms with van der Waals surface area (Å²) in [6.45, 7) is 4.23. The fourth-order valence-electron chi connectivity index (χ4n) is 2.45. The summed E-state index contributed by atoms with van der Waals surface area (Å²) >= 11 is 1.32. The third-order valence-corrected chi connectivity index (χ3v) is 4.60. The molecule has 0 spiro atoms. The van der Waals surface area contributed by atoms with Crippen molar-refractivity contribution >= 4 is 17.7 Å². The van der Waals surface area contributed by atoms with Crippen LogP contribution in [-0.2, 0) is 11.3 Å². The zero-order chi connectivity index (χ0) is 19.9. The number of hydrogen-bond donors (Lipinski definition) is 1. The quantitative estimate of drug-likeness (QED) is 0.472. The second-order valence-corrected chi connectivity index (χ2v) is 7.14. The molecule has 1 N–H and O–H groups in total. The number of ether oxygens (including phenoxy) is 1. The molecule has 1 amide bonds. The zero-order valence-electron chi connectivity index (χ0n) is 15.6. The van der Waals surface area contributed by atoms with Crippen LogP contribution in [0.2, 0.25) is 0 Å². The summed E-state index contributed by atoms with van der Waals surface area (Å²) in [6.07, 6.45) is 0. The summed E-state index contributed by atoms with van der Waals surface area (Å²) < 4.78 is 18.6. The Morgan fingerprint density at radius 2 is 1.57 bits per heavy atom. The highest BCUT2D eigenvalue weighted by molar-refractivity contribution is 7.99. The monoisotopic (exact) mass is 397 g/mol. The first-order chi connectivity index (χ1) is 13.5. The van der Waals surface area contributed by atoms with Gasteiger partial charge in [-0.15, -0.1) is 0 Å². The molecule has 5 nitrogen and oxygen atoms in total. The number of aromatic nitrogens is 2. The van der Waals surface area contributed by atoms with Gasteiger partial charge in [0, 0.05) is 17.9 Å². The zero-order valence-corrected chi connectivity index (χ0v) is 16.4. The summed E-state index contributed by atoms with van der Waals surface area (Å²) in [7, 11) is 0. The van der Waals surface area contributed by atoms with Gasteiger partial charge in [-0.2, -0.15) is 0 Å². The Kier molecular flexibility index (Phi) is 6.60. The maximum atomic E-state index is 12.9. The molecule has 28 heavy (non-hydrogen) atoms. The van der Waals surface area contributed by atoms with Gasteiger partial charge in [-0.1, -0.05) is 23.9 Å². The van der Waals surface area contributed by atoms with Crippen LogP contribution in [0.15, 0.2) is 59.8 Å². The average molecular weight is 397 g/mol. The van der Waals surface area contributed by atoms with Crippen molar-refractivity contribution < 1.29 is 13.9 Å². The van der Waals surface area contributed by atoms with Crippen LogP contribution in [-0.4, -0.2) is 21.6 Å². The molecule has 0 fully saturated rings. The molecule has 3 rings (SSSR count). The lowest BCUT2D eigenvalue weighted by Gasteiger charge is -2.08. The van der Waals surface area contributed by atoms with E-state index in [9.17, 15) is 9.18 Å². The van der Waals surface area contributed by atoms with Gasteiger partial charge in [0.25, 0.3) is 0 Å². The Morgan fingerprint density at radius 3 is 2.18 bits per heavy atom. The number of carbonyl (C=O) groups is 1. The van der Waals surface area contributed by atoms with Crippen LogP contribution in [0.1, 0.15) is 17.0 Å². The first-order valence-electron chi connectivity index (χ1n) is 8.72. The van der Waals surface area contributed by atoms with Gasteiger partial charge in [0.2, 0.25) is 5.91 Å². The molecule has 144 valence electrons. The van der Waals surface area contributed by atoms with Gasteiger partial charge < -0.3 is 10.1 Å². The predicted octanol–water partition coefficient (Wildman–Crippen LogP) is 4.43. The van der Waals surface area contributed by atoms with Crippen LogP contribution in [0, 0.1) is 19.7 Å². The summed E-state index contributed by atoms with van der Waals surface area (Å²) in [5, 5.41) is 3.48. The SMILES string of the molecule is Cc1cc(C)nc(SCC(=O)NCc2ccc(Oc3ccc(F)cc3)cc2)n1. The van der Waals surface area contributed by atoms with Crippen LogP contribution >= 0.6 is 11.8 Å². The standard InChI is InChI=1S/C21H20FN3O2S/c1-14-11-15(2)25-21(24-14)28-13-20(26)23-12-16-3-7-18(8-4-16)27-19-9-5-17(22)6-10-19/h3-11H,12-13H2,1-2H3,(H,23,26). The van der Waals surface area contributed by atoms with Crippen molar-refractivity contribution in [3.8, 4) is 11.5 Å². The van der Waals surface area contributed by atoms with E-state index in [1.165, 1.54) is 23.9 Å². The third kappa shape index (κ3) is 6.06. The highest BCUT2D eigenvalue weighted by atomic mass is 32.2. The van der Waals surface area contributed by atoms with Crippen LogP contribution < -0.4 is 10.1 Å². The lowest BCUT2D eigenvalue weighted by atomic mass is 10.2. The minimum absolute atomic E-state index is 0.0839. The van der Waals surface area contributed by atoms with Crippen molar-refractivity contribution in [2.24, 2.45) is 0 Å². The fourth-order valence-corrected chi connectivity index (χ4v) is 3.23. The van der Waals surface area contributed by atoms with E-state index in [0.29, 0.717) is 23.2 Å². The first kappa shape index (κ1) is 19.8. The van der Waals surface area contributed by atoms with Crippen LogP contribution in [0.4, 0.5) is 4.39 Å². The number of carbonyl (C=O) groups excluding carboxylic acids is 1. The maximum absolute atomic E-state index is 12.9. The second kappa shape index (κ2) is 9.32. The second-order valence-electron chi connectivity index (χ2n) is 6.20. The lowest BCUT2D eigenvalue weighted by Crippen LogP contribution is -2.24. The molecular formula is C21H20FN3O2S. The van der Waals surface area contributed by atoms with Gasteiger partial charge in [0.15, 0.2) is 5.16 Å². The van der Waals surface area contributed by atoms with Crippen molar-refractivity contribution in [2.45, 2.75) is 25.5 Å². The summed E-state index contributed by atoms with van der Waals surface area (Å²) in [5.41, 5.74) is 2.73. The van der Waals surface area contributed by atoms with Crippen LogP contribution in [0.3, 0.4) is 0 Å². The van der Waals surface area contributed by atoms with E-state index in [0.717, 1.165) is 17.0 Å². The third-order valence-electron chi connectivity index (χ3n) is 3.76. The molecule has 0 aliphatic carbocycles. The molecule has 2 aromatic carbocycles. The number of benzene rings is 2. The Bertz CT molecular complexity index is 927. The highest BCUT2D eigenvalue weighted by Crippen LogP contribution is 2.22. The number of nitrogens with one attached hydrogen (secondary N) is 1. The van der Waals surface area contributed by atoms with E-state index in [1.807, 2.05) is 44.2 Å². The molecular weight excluding hydrogens is 377 g/mol. The van der Waals surface area contributed by atoms with Gasteiger partial charge in [0.05, 0.1) is 5.75 Å². The van der Waals surface area contributed by atoms with Gasteiger partial charge in [-0.25, -0.2) is 14.4 Å². The van der Waals surface area contributed by atoms with E-state index in [2.05, 4.69) is 15.3 Å². The van der Waals surface area contributed by atoms with Crippen LogP contribution in [0.25, 0.3) is 0 Å². The molecule has 0 radical (unpaired) electrons. The number of aryl methyl sites for hydroxylation is 2. The van der Waals surface area contributed by atoms with Crippen LogP contribution in [0.5, 0.6) is 11.5 Å². The molecule has 1 aromatic heterocycles. The van der Waals surface area contributed by atoms with E-state index in [1.54, 1.807) is 12.1 Å². The fraction of sp³-hybridized carbons (Fsp3) is 0.190. The van der Waals surface area contributed by atoms with E-state index < -0.39 is 0 Å². The van der Waals surface area contributed by atoms with Crippen molar-refractivity contribution in [1.82, 2.24) is 15.3 Å². The van der Waals surface area contributed by atoms with E-state index >= 15 is 0 Å². The molecule has 0 bridgehead atoms. The molecule has 1 heterocycles. The highest BCUT2D eigenvalue weighted by Gasteiger charge is 2.06. The predicted molar refractivity (Wildman–Crippen MR) is 107 cm³/mol. The van der Waals surface area contributed by atoms with E-state index in [-0.39, 0.29) is 17.5 Å². The Balaban J connectivity index is 1.46. The van der Waals surface area contributed by atoms with Gasteiger partial charge in [-0.05, 0) is 61.9 Å². The largest absolute Gasteiger partial charge is 0.457 e. The molecule has 0 aliphatic rings. The van der Waals surface area contributed by atoms with E-state index in [4.69, 9.17) is 4.74 Å². The molecule has 7 heteroatoms. The number of rotatable bonds is 7. The smallest absolute Gasteiger partial charge is 0.230 e. The first-order valence-corrected chi connectivity index (χ1v) is 9.70. The lowest BCUT2D eigenvalue weighted by molar-refractivity contribution is -0.118. The van der Waals surface area contributed by atoms with Gasteiger partial charge in [-0.3, -0.25) is 4.79 Å². The molecule has 0 atom stereocenters. The topological polar surface area (TPSA) is 64.1 Å². The molecule has 0 saturated carbocycles. The molecule has 0 aliphatic heterocycles. The summed E-state index contributed by atoms with van der Waals surface area (Å²) in [4.78, 5) is 20.7. The van der Waals surface area contributed by atoms with Gasteiger partial charge >= 0.3 is 0 Å². The Morgan fingerprint density at radius 1 is 1.00 bits per heavy atom.